The topological polar surface area (TPSA) is 26.0 Å². The Hall–Kier alpha value is -0.480. The highest BCUT2D eigenvalue weighted by Gasteiger charge is 2.23. The third-order valence-corrected chi connectivity index (χ3v) is 3.79. The van der Waals surface area contributed by atoms with Crippen LogP contribution in [0.2, 0.25) is 0 Å². The summed E-state index contributed by atoms with van der Waals surface area (Å²) in [7, 11) is 0. The van der Waals surface area contributed by atoms with E-state index in [4.69, 9.17) is 5.73 Å². The van der Waals surface area contributed by atoms with Crippen molar-refractivity contribution in [1.29, 1.82) is 0 Å². The number of alkyl halides is 1. The predicted molar refractivity (Wildman–Crippen MR) is 70.1 cm³/mol. The minimum atomic E-state index is -1.04. The van der Waals surface area contributed by atoms with Crippen molar-refractivity contribution in [2.75, 3.05) is 6.54 Å². The van der Waals surface area contributed by atoms with Crippen LogP contribution in [0.15, 0.2) is 22.7 Å². The molecule has 0 aliphatic rings. The molecule has 0 bridgehead atoms. The highest BCUT2D eigenvalue weighted by molar-refractivity contribution is 9.10. The molecule has 0 aliphatic heterocycles. The summed E-state index contributed by atoms with van der Waals surface area (Å²) < 4.78 is 27.9. The standard InChI is InChI=1S/C13H18BrF2N/c1-8(2)11(7-17)13(16)6-9-5-10(15)3-4-12(9)14/h3-5,8,11,13H,6-7,17H2,1-2H3. The molecule has 0 fully saturated rings. The van der Waals surface area contributed by atoms with Crippen molar-refractivity contribution in [2.24, 2.45) is 17.6 Å². The zero-order valence-electron chi connectivity index (χ0n) is 10.1. The van der Waals surface area contributed by atoms with Crippen molar-refractivity contribution in [1.82, 2.24) is 0 Å². The van der Waals surface area contributed by atoms with E-state index in [9.17, 15) is 8.78 Å². The van der Waals surface area contributed by atoms with E-state index in [1.165, 1.54) is 12.1 Å². The van der Waals surface area contributed by atoms with Gasteiger partial charge in [-0.3, -0.25) is 0 Å². The van der Waals surface area contributed by atoms with Crippen molar-refractivity contribution in [3.05, 3.63) is 34.1 Å². The monoisotopic (exact) mass is 305 g/mol. The summed E-state index contributed by atoms with van der Waals surface area (Å²) in [6.45, 7) is 4.21. The number of hydrogen-bond donors (Lipinski definition) is 1. The Kier molecular flexibility index (Phi) is 5.53. The SMILES string of the molecule is CC(C)C(CN)C(F)Cc1cc(F)ccc1Br. The minimum absolute atomic E-state index is 0.183. The van der Waals surface area contributed by atoms with E-state index in [0.717, 1.165) is 4.47 Å². The van der Waals surface area contributed by atoms with Gasteiger partial charge in [0, 0.05) is 16.8 Å². The van der Waals surface area contributed by atoms with E-state index in [1.54, 1.807) is 6.07 Å². The van der Waals surface area contributed by atoms with Crippen LogP contribution in [-0.2, 0) is 6.42 Å². The molecular formula is C13H18BrF2N. The molecular weight excluding hydrogens is 288 g/mol. The van der Waals surface area contributed by atoms with Gasteiger partial charge in [-0.25, -0.2) is 8.78 Å². The van der Waals surface area contributed by atoms with Crippen molar-refractivity contribution in [3.8, 4) is 0 Å². The molecule has 0 aliphatic carbocycles. The Morgan fingerprint density at radius 2 is 2.00 bits per heavy atom. The summed E-state index contributed by atoms with van der Waals surface area (Å²) in [5, 5.41) is 0. The van der Waals surface area contributed by atoms with Crippen LogP contribution in [0.1, 0.15) is 19.4 Å². The zero-order valence-corrected chi connectivity index (χ0v) is 11.7. The molecule has 0 saturated carbocycles. The normalized spacial score (nSPS) is 15.0. The van der Waals surface area contributed by atoms with Crippen LogP contribution in [0.5, 0.6) is 0 Å². The lowest BCUT2D eigenvalue weighted by Crippen LogP contribution is -2.30. The molecule has 1 rings (SSSR count). The number of benzene rings is 1. The lowest BCUT2D eigenvalue weighted by atomic mass is 9.88. The van der Waals surface area contributed by atoms with Crippen molar-refractivity contribution >= 4 is 15.9 Å². The first-order chi connectivity index (χ1) is 7.95. The summed E-state index contributed by atoms with van der Waals surface area (Å²) in [6.07, 6.45) is -0.851. The van der Waals surface area contributed by atoms with Gasteiger partial charge >= 0.3 is 0 Å². The smallest absolute Gasteiger partial charge is 0.123 e. The fraction of sp³-hybridized carbons (Fsp3) is 0.538. The second-order valence-corrected chi connectivity index (χ2v) is 5.45. The molecule has 1 nitrogen and oxygen atoms in total. The van der Waals surface area contributed by atoms with Crippen LogP contribution >= 0.6 is 15.9 Å². The molecule has 0 spiro atoms. The zero-order chi connectivity index (χ0) is 13.0. The molecule has 17 heavy (non-hydrogen) atoms. The van der Waals surface area contributed by atoms with Crippen LogP contribution in [0, 0.1) is 17.7 Å². The summed E-state index contributed by atoms with van der Waals surface area (Å²) >= 11 is 3.30. The molecule has 96 valence electrons. The second-order valence-electron chi connectivity index (χ2n) is 4.60. The molecule has 4 heteroatoms. The highest BCUT2D eigenvalue weighted by atomic mass is 79.9. The first-order valence-corrected chi connectivity index (χ1v) is 6.53. The molecule has 0 aromatic heterocycles. The maximum absolute atomic E-state index is 14.1. The first kappa shape index (κ1) is 14.6. The van der Waals surface area contributed by atoms with Gasteiger partial charge in [0.25, 0.3) is 0 Å². The Bertz CT molecular complexity index is 368. The van der Waals surface area contributed by atoms with Crippen LogP contribution in [-0.4, -0.2) is 12.7 Å². The van der Waals surface area contributed by atoms with E-state index in [1.807, 2.05) is 13.8 Å². The molecule has 0 saturated heterocycles. The lowest BCUT2D eigenvalue weighted by molar-refractivity contribution is 0.185. The van der Waals surface area contributed by atoms with Crippen molar-refractivity contribution in [3.63, 3.8) is 0 Å². The Labute approximate surface area is 110 Å². The number of halogens is 3. The highest BCUT2D eigenvalue weighted by Crippen LogP contribution is 2.25. The van der Waals surface area contributed by atoms with Crippen LogP contribution in [0.25, 0.3) is 0 Å². The third-order valence-electron chi connectivity index (χ3n) is 3.02. The second kappa shape index (κ2) is 6.45. The van der Waals surface area contributed by atoms with Gasteiger partial charge in [0.15, 0.2) is 0 Å². The van der Waals surface area contributed by atoms with Gasteiger partial charge in [-0.2, -0.15) is 0 Å². The van der Waals surface area contributed by atoms with Gasteiger partial charge in [0.05, 0.1) is 0 Å². The quantitative estimate of drug-likeness (QED) is 0.882. The molecule has 0 radical (unpaired) electrons. The third kappa shape index (κ3) is 4.03. The van der Waals surface area contributed by atoms with Crippen molar-refractivity contribution < 1.29 is 8.78 Å². The molecule has 1 aromatic carbocycles. The molecule has 1 aromatic rings. The summed E-state index contributed by atoms with van der Waals surface area (Å²) in [6, 6.07) is 4.32. The average molecular weight is 306 g/mol. The Morgan fingerprint density at radius 3 is 2.53 bits per heavy atom. The average Bonchev–Trinajstić information content (AvgIpc) is 2.24. The maximum Gasteiger partial charge on any atom is 0.123 e. The number of hydrogen-bond acceptors (Lipinski definition) is 1. The van der Waals surface area contributed by atoms with Crippen LogP contribution < -0.4 is 5.73 Å². The fourth-order valence-electron chi connectivity index (χ4n) is 1.90. The number of nitrogens with two attached hydrogens (primary N) is 1. The van der Waals surface area contributed by atoms with Gasteiger partial charge in [-0.15, -0.1) is 0 Å². The molecule has 2 N–H and O–H groups in total. The number of rotatable bonds is 5. The van der Waals surface area contributed by atoms with Gasteiger partial charge in [0.1, 0.15) is 12.0 Å². The molecule has 0 amide bonds. The van der Waals surface area contributed by atoms with Gasteiger partial charge in [-0.05, 0) is 36.2 Å². The fourth-order valence-corrected chi connectivity index (χ4v) is 2.31. The predicted octanol–water partition coefficient (Wildman–Crippen LogP) is 3.70. The molecule has 0 heterocycles. The van der Waals surface area contributed by atoms with E-state index in [0.29, 0.717) is 12.1 Å². The summed E-state index contributed by atoms with van der Waals surface area (Å²) in [5.74, 6) is -0.350. The summed E-state index contributed by atoms with van der Waals surface area (Å²) in [4.78, 5) is 0. The Morgan fingerprint density at radius 1 is 1.35 bits per heavy atom. The van der Waals surface area contributed by atoms with Gasteiger partial charge in [-0.1, -0.05) is 29.8 Å². The van der Waals surface area contributed by atoms with Gasteiger partial charge < -0.3 is 5.73 Å². The van der Waals surface area contributed by atoms with E-state index < -0.39 is 6.17 Å². The molecule has 2 unspecified atom stereocenters. The Balaban J connectivity index is 2.79. The minimum Gasteiger partial charge on any atom is -0.330 e. The van der Waals surface area contributed by atoms with Crippen LogP contribution in [0.4, 0.5) is 8.78 Å². The van der Waals surface area contributed by atoms with E-state index in [-0.39, 0.29) is 24.1 Å². The maximum atomic E-state index is 14.1. The van der Waals surface area contributed by atoms with E-state index in [2.05, 4.69) is 15.9 Å². The lowest BCUT2D eigenvalue weighted by Gasteiger charge is -2.23. The molecule has 2 atom stereocenters. The first-order valence-electron chi connectivity index (χ1n) is 5.73. The van der Waals surface area contributed by atoms with Crippen LogP contribution in [0.3, 0.4) is 0 Å². The van der Waals surface area contributed by atoms with E-state index >= 15 is 0 Å². The summed E-state index contributed by atoms with van der Waals surface area (Å²) in [5.41, 5.74) is 6.22. The van der Waals surface area contributed by atoms with Crippen molar-refractivity contribution in [2.45, 2.75) is 26.4 Å². The van der Waals surface area contributed by atoms with Gasteiger partial charge in [0.2, 0.25) is 0 Å². The largest absolute Gasteiger partial charge is 0.330 e.